The average Bonchev–Trinajstić information content (AvgIpc) is 2.31. The molecular weight excluding hydrogens is 352 g/mol. The second-order valence-electron chi connectivity index (χ2n) is 3.80. The summed E-state index contributed by atoms with van der Waals surface area (Å²) in [4.78, 5) is 0.122. The molecule has 0 saturated heterocycles. The van der Waals surface area contributed by atoms with Gasteiger partial charge in [-0.2, -0.15) is 0 Å². The Balaban J connectivity index is 2.35. The Morgan fingerprint density at radius 3 is 2.32 bits per heavy atom. The Morgan fingerprint density at radius 2 is 1.74 bits per heavy atom. The van der Waals surface area contributed by atoms with Gasteiger partial charge in [0.15, 0.2) is 0 Å². The highest BCUT2D eigenvalue weighted by atomic mass is 79.9. The molecule has 0 bridgehead atoms. The Kier molecular flexibility index (Phi) is 4.03. The van der Waals surface area contributed by atoms with Crippen molar-refractivity contribution in [1.29, 1.82) is 0 Å². The van der Waals surface area contributed by atoms with E-state index in [9.17, 15) is 8.42 Å². The van der Waals surface area contributed by atoms with Crippen molar-refractivity contribution in [1.82, 2.24) is 0 Å². The van der Waals surface area contributed by atoms with E-state index in [1.54, 1.807) is 24.3 Å². The highest BCUT2D eigenvalue weighted by Crippen LogP contribution is 2.26. The zero-order valence-electron chi connectivity index (χ0n) is 9.60. The maximum Gasteiger partial charge on any atom is 0.263 e. The molecular formula is C12H10BrClN2O2S. The van der Waals surface area contributed by atoms with E-state index in [4.69, 9.17) is 17.3 Å². The molecule has 2 rings (SSSR count). The first kappa shape index (κ1) is 14.2. The summed E-state index contributed by atoms with van der Waals surface area (Å²) in [5.41, 5.74) is 6.50. The Labute approximate surface area is 124 Å². The van der Waals surface area contributed by atoms with Crippen LogP contribution in [0.3, 0.4) is 0 Å². The zero-order valence-corrected chi connectivity index (χ0v) is 12.8. The number of anilines is 2. The lowest BCUT2D eigenvalue weighted by Crippen LogP contribution is -2.13. The molecule has 0 heterocycles. The van der Waals surface area contributed by atoms with Crippen LogP contribution in [-0.4, -0.2) is 8.42 Å². The summed E-state index contributed by atoms with van der Waals surface area (Å²) in [6, 6.07) is 10.9. The van der Waals surface area contributed by atoms with Crippen LogP contribution in [0.4, 0.5) is 11.4 Å². The Bertz CT molecular complexity index is 702. The predicted molar refractivity (Wildman–Crippen MR) is 80.8 cm³/mol. The predicted octanol–water partition coefficient (Wildman–Crippen LogP) is 3.49. The number of nitrogen functional groups attached to an aromatic ring is 1. The second-order valence-corrected chi connectivity index (χ2v) is 6.74. The van der Waals surface area contributed by atoms with Crippen molar-refractivity contribution in [2.24, 2.45) is 0 Å². The molecule has 0 amide bonds. The van der Waals surface area contributed by atoms with Crippen LogP contribution >= 0.6 is 27.5 Å². The summed E-state index contributed by atoms with van der Waals surface area (Å²) < 4.78 is 27.3. The van der Waals surface area contributed by atoms with Crippen molar-refractivity contribution in [2.45, 2.75) is 4.90 Å². The summed E-state index contributed by atoms with van der Waals surface area (Å²) in [6.45, 7) is 0. The molecule has 0 unspecified atom stereocenters. The SMILES string of the molecule is Nc1ccc(S(=O)(=O)Nc2ccc(Cl)cc2)c(Br)c1. The van der Waals surface area contributed by atoms with Crippen LogP contribution < -0.4 is 10.5 Å². The van der Waals surface area contributed by atoms with Crippen molar-refractivity contribution in [2.75, 3.05) is 10.5 Å². The largest absolute Gasteiger partial charge is 0.399 e. The molecule has 0 aliphatic rings. The lowest BCUT2D eigenvalue weighted by molar-refractivity contribution is 0.601. The van der Waals surface area contributed by atoms with Crippen LogP contribution in [0.25, 0.3) is 0 Å². The maximum atomic E-state index is 12.2. The first-order chi connectivity index (χ1) is 8.88. The van der Waals surface area contributed by atoms with Crippen molar-refractivity contribution in [3.8, 4) is 0 Å². The molecule has 7 heteroatoms. The number of nitrogens with one attached hydrogen (secondary N) is 1. The monoisotopic (exact) mass is 360 g/mol. The molecule has 19 heavy (non-hydrogen) atoms. The second kappa shape index (κ2) is 5.40. The van der Waals surface area contributed by atoms with Gasteiger partial charge >= 0.3 is 0 Å². The van der Waals surface area contributed by atoms with E-state index < -0.39 is 10.0 Å². The molecule has 100 valence electrons. The minimum Gasteiger partial charge on any atom is -0.399 e. The van der Waals surface area contributed by atoms with Gasteiger partial charge in [0, 0.05) is 20.9 Å². The molecule has 0 spiro atoms. The van der Waals surface area contributed by atoms with Crippen molar-refractivity contribution in [3.05, 3.63) is 52.0 Å². The van der Waals surface area contributed by atoms with Gasteiger partial charge in [0.1, 0.15) is 4.90 Å². The minimum atomic E-state index is -3.67. The molecule has 0 aliphatic heterocycles. The molecule has 2 aromatic rings. The van der Waals surface area contributed by atoms with E-state index in [-0.39, 0.29) is 4.90 Å². The van der Waals surface area contributed by atoms with Gasteiger partial charge in [0.25, 0.3) is 10.0 Å². The van der Waals surface area contributed by atoms with Gasteiger partial charge in [-0.25, -0.2) is 8.42 Å². The van der Waals surface area contributed by atoms with Crippen LogP contribution in [0.15, 0.2) is 51.8 Å². The van der Waals surface area contributed by atoms with Gasteiger partial charge in [-0.3, -0.25) is 4.72 Å². The van der Waals surface area contributed by atoms with Crippen LogP contribution in [0.1, 0.15) is 0 Å². The fourth-order valence-corrected chi connectivity index (χ4v) is 3.74. The lowest BCUT2D eigenvalue weighted by atomic mass is 10.3. The third-order valence-corrected chi connectivity index (χ3v) is 4.95. The number of halogens is 2. The summed E-state index contributed by atoms with van der Waals surface area (Å²) in [7, 11) is -3.67. The highest BCUT2D eigenvalue weighted by Gasteiger charge is 2.17. The van der Waals surface area contributed by atoms with E-state index in [2.05, 4.69) is 20.7 Å². The van der Waals surface area contributed by atoms with E-state index in [0.29, 0.717) is 20.9 Å². The summed E-state index contributed by atoms with van der Waals surface area (Å²) >= 11 is 8.93. The van der Waals surface area contributed by atoms with E-state index in [1.807, 2.05) is 0 Å². The Morgan fingerprint density at radius 1 is 1.11 bits per heavy atom. The summed E-state index contributed by atoms with van der Waals surface area (Å²) in [5, 5.41) is 0.539. The summed E-state index contributed by atoms with van der Waals surface area (Å²) in [6.07, 6.45) is 0. The average molecular weight is 362 g/mol. The molecule has 0 fully saturated rings. The van der Waals surface area contributed by atoms with Crippen LogP contribution in [0, 0.1) is 0 Å². The third-order valence-electron chi connectivity index (χ3n) is 2.34. The molecule has 4 nitrogen and oxygen atoms in total. The van der Waals surface area contributed by atoms with Crippen LogP contribution in [-0.2, 0) is 10.0 Å². The summed E-state index contributed by atoms with van der Waals surface area (Å²) in [5.74, 6) is 0. The topological polar surface area (TPSA) is 72.2 Å². The minimum absolute atomic E-state index is 0.122. The molecule has 0 atom stereocenters. The molecule has 0 radical (unpaired) electrons. The first-order valence-electron chi connectivity index (χ1n) is 5.22. The van der Waals surface area contributed by atoms with Gasteiger partial charge < -0.3 is 5.73 Å². The third kappa shape index (κ3) is 3.40. The Hall–Kier alpha value is -1.24. The lowest BCUT2D eigenvalue weighted by Gasteiger charge is -2.10. The smallest absolute Gasteiger partial charge is 0.263 e. The van der Waals surface area contributed by atoms with Gasteiger partial charge in [-0.15, -0.1) is 0 Å². The number of hydrogen-bond acceptors (Lipinski definition) is 3. The molecule has 3 N–H and O–H groups in total. The van der Waals surface area contributed by atoms with Gasteiger partial charge in [-0.1, -0.05) is 11.6 Å². The fraction of sp³-hybridized carbons (Fsp3) is 0. The van der Waals surface area contributed by atoms with E-state index in [0.717, 1.165) is 0 Å². The number of benzene rings is 2. The van der Waals surface area contributed by atoms with Crippen molar-refractivity contribution >= 4 is 48.9 Å². The van der Waals surface area contributed by atoms with Gasteiger partial charge in [0.05, 0.1) is 0 Å². The van der Waals surface area contributed by atoms with E-state index >= 15 is 0 Å². The first-order valence-corrected chi connectivity index (χ1v) is 7.87. The van der Waals surface area contributed by atoms with Crippen molar-refractivity contribution in [3.63, 3.8) is 0 Å². The molecule has 0 aromatic heterocycles. The standard InChI is InChI=1S/C12H10BrClN2O2S/c13-11-7-9(15)3-6-12(11)19(17,18)16-10-4-1-8(14)2-5-10/h1-7,16H,15H2. The highest BCUT2D eigenvalue weighted by molar-refractivity contribution is 9.10. The maximum absolute atomic E-state index is 12.2. The van der Waals surface area contributed by atoms with Crippen LogP contribution in [0.2, 0.25) is 5.02 Å². The zero-order chi connectivity index (χ0) is 14.0. The van der Waals surface area contributed by atoms with Gasteiger partial charge in [-0.05, 0) is 58.4 Å². The molecule has 2 aromatic carbocycles. The number of sulfonamides is 1. The van der Waals surface area contributed by atoms with E-state index in [1.165, 1.54) is 18.2 Å². The normalized spacial score (nSPS) is 11.3. The number of hydrogen-bond donors (Lipinski definition) is 2. The fourth-order valence-electron chi connectivity index (χ4n) is 1.46. The molecule has 0 saturated carbocycles. The van der Waals surface area contributed by atoms with Crippen molar-refractivity contribution < 1.29 is 8.42 Å². The quantitative estimate of drug-likeness (QED) is 0.822. The van der Waals surface area contributed by atoms with Crippen LogP contribution in [0.5, 0.6) is 0 Å². The van der Waals surface area contributed by atoms with Gasteiger partial charge in [0.2, 0.25) is 0 Å². The number of nitrogens with two attached hydrogens (primary N) is 1. The number of rotatable bonds is 3. The molecule has 0 aliphatic carbocycles.